The Morgan fingerprint density at radius 2 is 2.00 bits per heavy atom. The molecule has 2 unspecified atom stereocenters. The molecule has 7 nitrogen and oxygen atoms in total. The highest BCUT2D eigenvalue weighted by atomic mass is 16.3. The van der Waals surface area contributed by atoms with Crippen molar-refractivity contribution in [3.63, 3.8) is 0 Å². The zero-order chi connectivity index (χ0) is 19.2. The van der Waals surface area contributed by atoms with Gasteiger partial charge in [0.25, 0.3) is 5.91 Å². The van der Waals surface area contributed by atoms with Crippen molar-refractivity contribution in [2.45, 2.75) is 19.8 Å². The SMILES string of the molecule is CCN(CCO)CC1CN(c2ncccc2C(=O)N2CCCC2)CC1CO. The molecule has 0 aromatic carbocycles. The van der Waals surface area contributed by atoms with E-state index in [0.717, 1.165) is 51.4 Å². The van der Waals surface area contributed by atoms with E-state index in [2.05, 4.69) is 21.7 Å². The van der Waals surface area contributed by atoms with Crippen LogP contribution < -0.4 is 4.90 Å². The fraction of sp³-hybridized carbons (Fsp3) is 0.700. The smallest absolute Gasteiger partial charge is 0.257 e. The lowest BCUT2D eigenvalue weighted by atomic mass is 9.96. The van der Waals surface area contributed by atoms with Crippen LogP contribution >= 0.6 is 0 Å². The number of likely N-dealkylation sites (tertiary alicyclic amines) is 1. The number of hydrogen-bond acceptors (Lipinski definition) is 6. The Hall–Kier alpha value is -1.70. The van der Waals surface area contributed by atoms with Gasteiger partial charge in [0, 0.05) is 58.0 Å². The average molecular weight is 377 g/mol. The van der Waals surface area contributed by atoms with Crippen LogP contribution in [0.5, 0.6) is 0 Å². The molecule has 0 radical (unpaired) electrons. The van der Waals surface area contributed by atoms with Gasteiger partial charge in [-0.05, 0) is 37.4 Å². The third-order valence-electron chi connectivity index (χ3n) is 5.88. The van der Waals surface area contributed by atoms with Gasteiger partial charge in [0.05, 0.1) is 12.2 Å². The van der Waals surface area contributed by atoms with Crippen LogP contribution in [0.2, 0.25) is 0 Å². The van der Waals surface area contributed by atoms with Crippen LogP contribution in [0.25, 0.3) is 0 Å². The van der Waals surface area contributed by atoms with Gasteiger partial charge in [0.15, 0.2) is 0 Å². The predicted molar refractivity (Wildman–Crippen MR) is 105 cm³/mol. The molecule has 2 N–H and O–H groups in total. The minimum Gasteiger partial charge on any atom is -0.396 e. The molecule has 1 aromatic rings. The molecule has 2 atom stereocenters. The van der Waals surface area contributed by atoms with Crippen molar-refractivity contribution < 1.29 is 15.0 Å². The molecule has 0 saturated carbocycles. The molecule has 2 aliphatic rings. The van der Waals surface area contributed by atoms with E-state index in [4.69, 9.17) is 0 Å². The van der Waals surface area contributed by atoms with Crippen molar-refractivity contribution in [2.75, 3.05) is 63.9 Å². The number of hydrogen-bond donors (Lipinski definition) is 2. The van der Waals surface area contributed by atoms with E-state index in [1.165, 1.54) is 0 Å². The largest absolute Gasteiger partial charge is 0.396 e. The molecule has 2 fully saturated rings. The van der Waals surface area contributed by atoms with Gasteiger partial charge in [0.1, 0.15) is 5.82 Å². The second-order valence-electron chi connectivity index (χ2n) is 7.60. The molecule has 2 saturated heterocycles. The number of rotatable bonds is 8. The highest BCUT2D eigenvalue weighted by Crippen LogP contribution is 2.30. The Morgan fingerprint density at radius 3 is 2.67 bits per heavy atom. The topological polar surface area (TPSA) is 80.1 Å². The molecule has 27 heavy (non-hydrogen) atoms. The van der Waals surface area contributed by atoms with Crippen molar-refractivity contribution >= 4 is 11.7 Å². The number of carbonyl (C=O) groups is 1. The fourth-order valence-corrected chi connectivity index (χ4v) is 4.28. The van der Waals surface area contributed by atoms with Crippen LogP contribution in [0, 0.1) is 11.8 Å². The number of aromatic nitrogens is 1. The lowest BCUT2D eigenvalue weighted by molar-refractivity contribution is 0.0793. The van der Waals surface area contributed by atoms with E-state index in [0.29, 0.717) is 24.6 Å². The molecule has 1 aromatic heterocycles. The first-order chi connectivity index (χ1) is 13.2. The molecule has 150 valence electrons. The summed E-state index contributed by atoms with van der Waals surface area (Å²) in [5, 5.41) is 19.1. The highest BCUT2D eigenvalue weighted by molar-refractivity contribution is 5.99. The van der Waals surface area contributed by atoms with Gasteiger partial charge in [-0.2, -0.15) is 0 Å². The molecule has 3 rings (SSSR count). The molecular formula is C20H32N4O3. The van der Waals surface area contributed by atoms with Crippen LogP contribution in [-0.2, 0) is 0 Å². The van der Waals surface area contributed by atoms with Crippen LogP contribution in [-0.4, -0.2) is 89.9 Å². The van der Waals surface area contributed by atoms with Crippen LogP contribution in [0.1, 0.15) is 30.1 Å². The van der Waals surface area contributed by atoms with Crippen molar-refractivity contribution in [3.8, 4) is 0 Å². The second-order valence-corrected chi connectivity index (χ2v) is 7.60. The average Bonchev–Trinajstić information content (AvgIpc) is 3.37. The summed E-state index contributed by atoms with van der Waals surface area (Å²) >= 11 is 0. The molecular weight excluding hydrogens is 344 g/mol. The molecule has 3 heterocycles. The zero-order valence-corrected chi connectivity index (χ0v) is 16.3. The van der Waals surface area contributed by atoms with Crippen molar-refractivity contribution in [3.05, 3.63) is 23.9 Å². The number of nitrogens with zero attached hydrogens (tertiary/aromatic N) is 4. The zero-order valence-electron chi connectivity index (χ0n) is 16.3. The number of pyridine rings is 1. The molecule has 0 aliphatic carbocycles. The lowest BCUT2D eigenvalue weighted by Crippen LogP contribution is -2.35. The van der Waals surface area contributed by atoms with E-state index >= 15 is 0 Å². The molecule has 1 amide bonds. The Bertz CT molecular complexity index is 621. The molecule has 0 bridgehead atoms. The molecule has 2 aliphatic heterocycles. The highest BCUT2D eigenvalue weighted by Gasteiger charge is 2.36. The van der Waals surface area contributed by atoms with Gasteiger partial charge in [-0.15, -0.1) is 0 Å². The fourth-order valence-electron chi connectivity index (χ4n) is 4.28. The predicted octanol–water partition coefficient (Wildman–Crippen LogP) is 0.677. The third-order valence-corrected chi connectivity index (χ3v) is 5.88. The Labute approximate surface area is 161 Å². The first kappa shape index (κ1) is 20.0. The van der Waals surface area contributed by atoms with Gasteiger partial charge in [-0.3, -0.25) is 4.79 Å². The first-order valence-corrected chi connectivity index (χ1v) is 10.1. The summed E-state index contributed by atoms with van der Waals surface area (Å²) in [4.78, 5) is 23.8. The Balaban J connectivity index is 1.75. The normalized spacial score (nSPS) is 22.8. The van der Waals surface area contributed by atoms with E-state index in [-0.39, 0.29) is 25.0 Å². The van der Waals surface area contributed by atoms with E-state index in [1.54, 1.807) is 6.20 Å². The van der Waals surface area contributed by atoms with Gasteiger partial charge < -0.3 is 24.9 Å². The van der Waals surface area contributed by atoms with E-state index < -0.39 is 0 Å². The summed E-state index contributed by atoms with van der Waals surface area (Å²) in [5.41, 5.74) is 0.666. The van der Waals surface area contributed by atoms with E-state index in [1.807, 2.05) is 17.0 Å². The Kier molecular flexibility index (Phi) is 7.04. The van der Waals surface area contributed by atoms with Gasteiger partial charge in [-0.25, -0.2) is 4.98 Å². The van der Waals surface area contributed by atoms with Crippen LogP contribution in [0.15, 0.2) is 18.3 Å². The van der Waals surface area contributed by atoms with Crippen molar-refractivity contribution in [2.24, 2.45) is 11.8 Å². The third kappa shape index (κ3) is 4.59. The number of amides is 1. The maximum atomic E-state index is 12.9. The monoisotopic (exact) mass is 376 g/mol. The summed E-state index contributed by atoms with van der Waals surface area (Å²) in [6.45, 7) is 7.82. The second kappa shape index (κ2) is 9.48. The van der Waals surface area contributed by atoms with Crippen molar-refractivity contribution in [1.29, 1.82) is 0 Å². The summed E-state index contributed by atoms with van der Waals surface area (Å²) in [6.07, 6.45) is 3.87. The van der Waals surface area contributed by atoms with Crippen LogP contribution in [0.3, 0.4) is 0 Å². The van der Waals surface area contributed by atoms with Gasteiger partial charge in [-0.1, -0.05) is 6.92 Å². The summed E-state index contributed by atoms with van der Waals surface area (Å²) in [7, 11) is 0. The number of carbonyl (C=O) groups excluding carboxylic acids is 1. The number of anilines is 1. The molecule has 0 spiro atoms. The minimum absolute atomic E-state index is 0.0649. The standard InChI is InChI=1S/C20H32N4O3/c1-2-22(10-11-25)12-16-13-24(14-17(16)15-26)19-18(6-5-7-21-19)20(27)23-8-3-4-9-23/h5-7,16-17,25-26H,2-4,8-15H2,1H3. The maximum absolute atomic E-state index is 12.9. The summed E-state index contributed by atoms with van der Waals surface area (Å²) in [5.74, 6) is 1.24. The quantitative estimate of drug-likeness (QED) is 0.694. The van der Waals surface area contributed by atoms with Crippen molar-refractivity contribution in [1.82, 2.24) is 14.8 Å². The number of aliphatic hydroxyl groups excluding tert-OH is 2. The first-order valence-electron chi connectivity index (χ1n) is 10.1. The van der Waals surface area contributed by atoms with Gasteiger partial charge in [0.2, 0.25) is 0 Å². The maximum Gasteiger partial charge on any atom is 0.257 e. The van der Waals surface area contributed by atoms with E-state index in [9.17, 15) is 15.0 Å². The minimum atomic E-state index is 0.0649. The number of likely N-dealkylation sites (N-methyl/N-ethyl adjacent to an activating group) is 1. The van der Waals surface area contributed by atoms with Gasteiger partial charge >= 0.3 is 0 Å². The van der Waals surface area contributed by atoms with Crippen LogP contribution in [0.4, 0.5) is 5.82 Å². The summed E-state index contributed by atoms with van der Waals surface area (Å²) < 4.78 is 0. The number of aliphatic hydroxyl groups is 2. The summed E-state index contributed by atoms with van der Waals surface area (Å²) in [6, 6.07) is 3.69. The Morgan fingerprint density at radius 1 is 1.26 bits per heavy atom. The molecule has 7 heteroatoms. The lowest BCUT2D eigenvalue weighted by Gasteiger charge is -2.26.